The van der Waals surface area contributed by atoms with Crippen LogP contribution in [0.2, 0.25) is 0 Å². The van der Waals surface area contributed by atoms with E-state index in [4.69, 9.17) is 9.97 Å². The smallest absolute Gasteiger partial charge is 0.147 e. The Morgan fingerprint density at radius 1 is 0.556 bits per heavy atom. The second-order valence-electron chi connectivity index (χ2n) is 8.97. The molecule has 5 heteroatoms. The third-order valence-corrected chi connectivity index (χ3v) is 6.99. The fourth-order valence-electron chi connectivity index (χ4n) is 5.47. The van der Waals surface area contributed by atoms with Gasteiger partial charge in [0.2, 0.25) is 0 Å². The molecule has 0 saturated heterocycles. The van der Waals surface area contributed by atoms with Crippen molar-refractivity contribution >= 4 is 49.4 Å². The molecule has 168 valence electrons. The van der Waals surface area contributed by atoms with Gasteiger partial charge in [0.25, 0.3) is 0 Å². The molecule has 0 radical (unpaired) electrons. The summed E-state index contributed by atoms with van der Waals surface area (Å²) in [7, 11) is 0. The van der Waals surface area contributed by atoms with Crippen molar-refractivity contribution in [3.8, 4) is 17.1 Å². The van der Waals surface area contributed by atoms with E-state index >= 15 is 0 Å². The topological polar surface area (TPSA) is 48.0 Å². The molecule has 0 aliphatic heterocycles. The number of imidazole rings is 1. The van der Waals surface area contributed by atoms with Gasteiger partial charge in [-0.1, -0.05) is 60.7 Å². The van der Waals surface area contributed by atoms with Gasteiger partial charge in [0.15, 0.2) is 0 Å². The fourth-order valence-corrected chi connectivity index (χ4v) is 5.47. The molecule has 8 aromatic rings. The third kappa shape index (κ3) is 2.57. The zero-order chi connectivity index (χ0) is 23.6. The van der Waals surface area contributed by atoms with Gasteiger partial charge in [0.1, 0.15) is 11.3 Å². The summed E-state index contributed by atoms with van der Waals surface area (Å²) in [5.41, 5.74) is 7.96. The minimum absolute atomic E-state index is 0.851. The number of nitrogens with zero attached hydrogens (tertiary/aromatic N) is 5. The van der Waals surface area contributed by atoms with E-state index in [1.165, 1.54) is 16.2 Å². The van der Waals surface area contributed by atoms with Gasteiger partial charge in [-0.2, -0.15) is 0 Å². The Labute approximate surface area is 205 Å². The van der Waals surface area contributed by atoms with E-state index in [-0.39, 0.29) is 0 Å². The van der Waals surface area contributed by atoms with Crippen LogP contribution in [0, 0.1) is 0 Å². The Morgan fingerprint density at radius 2 is 1.28 bits per heavy atom. The van der Waals surface area contributed by atoms with Gasteiger partial charge in [0, 0.05) is 22.4 Å². The van der Waals surface area contributed by atoms with Crippen molar-refractivity contribution in [3.63, 3.8) is 0 Å². The number of rotatable bonds is 2. The molecule has 5 heterocycles. The lowest BCUT2D eigenvalue weighted by atomic mass is 10.1. The van der Waals surface area contributed by atoms with Crippen molar-refractivity contribution in [3.05, 3.63) is 116 Å². The highest BCUT2D eigenvalue weighted by atomic mass is 15.1. The third-order valence-electron chi connectivity index (χ3n) is 6.99. The Hall–Kier alpha value is -5.03. The van der Waals surface area contributed by atoms with Crippen molar-refractivity contribution in [2.75, 3.05) is 0 Å². The van der Waals surface area contributed by atoms with E-state index < -0.39 is 0 Å². The summed E-state index contributed by atoms with van der Waals surface area (Å²) >= 11 is 0. The number of pyridine rings is 3. The lowest BCUT2D eigenvalue weighted by molar-refractivity contribution is 1.09. The maximum absolute atomic E-state index is 5.08. The molecular weight excluding hydrogens is 442 g/mol. The Bertz CT molecular complexity index is 2080. The van der Waals surface area contributed by atoms with E-state index in [1.54, 1.807) is 6.20 Å². The van der Waals surface area contributed by atoms with Crippen LogP contribution in [0.15, 0.2) is 116 Å². The van der Waals surface area contributed by atoms with Crippen molar-refractivity contribution in [2.24, 2.45) is 0 Å². The molecule has 0 spiro atoms. The van der Waals surface area contributed by atoms with Crippen LogP contribution in [0.25, 0.3) is 66.5 Å². The van der Waals surface area contributed by atoms with E-state index in [2.05, 4.69) is 86.7 Å². The lowest BCUT2D eigenvalue weighted by Gasteiger charge is -2.11. The summed E-state index contributed by atoms with van der Waals surface area (Å²) < 4.78 is 4.62. The second-order valence-corrected chi connectivity index (χ2v) is 8.97. The standard InChI is InChI=1S/C31H19N5/c1-2-10-22-21(9-1)29-23-11-3-5-14-27(23)35(20-16-17-25(33-19-20)24-12-7-8-18-32-24)31(29)36-28-15-6-4-13-26(28)34-30(22)36/h1-19H. The molecule has 0 aliphatic rings. The van der Waals surface area contributed by atoms with Crippen molar-refractivity contribution in [1.82, 2.24) is 23.9 Å². The first-order valence-corrected chi connectivity index (χ1v) is 12.0. The zero-order valence-corrected chi connectivity index (χ0v) is 19.2. The molecule has 0 atom stereocenters. The first kappa shape index (κ1) is 19.3. The number of hydrogen-bond donors (Lipinski definition) is 0. The van der Waals surface area contributed by atoms with Gasteiger partial charge < -0.3 is 0 Å². The maximum atomic E-state index is 5.08. The summed E-state index contributed by atoms with van der Waals surface area (Å²) in [4.78, 5) is 14.3. The van der Waals surface area contributed by atoms with Crippen LogP contribution in [0.5, 0.6) is 0 Å². The summed E-state index contributed by atoms with van der Waals surface area (Å²) in [6.07, 6.45) is 3.74. The molecule has 3 aromatic carbocycles. The average Bonchev–Trinajstić information content (AvgIpc) is 3.50. The summed E-state index contributed by atoms with van der Waals surface area (Å²) in [5.74, 6) is 0. The maximum Gasteiger partial charge on any atom is 0.147 e. The predicted octanol–water partition coefficient (Wildman–Crippen LogP) is 7.19. The summed E-state index contributed by atoms with van der Waals surface area (Å²) in [5, 5.41) is 4.76. The first-order valence-electron chi connectivity index (χ1n) is 12.0. The van der Waals surface area contributed by atoms with Crippen LogP contribution < -0.4 is 0 Å². The van der Waals surface area contributed by atoms with Crippen LogP contribution in [0.1, 0.15) is 0 Å². The van der Waals surface area contributed by atoms with E-state index in [0.717, 1.165) is 50.3 Å². The van der Waals surface area contributed by atoms with Crippen molar-refractivity contribution in [1.29, 1.82) is 0 Å². The predicted molar refractivity (Wildman–Crippen MR) is 146 cm³/mol. The van der Waals surface area contributed by atoms with Crippen molar-refractivity contribution < 1.29 is 0 Å². The lowest BCUT2D eigenvalue weighted by Crippen LogP contribution is -2.00. The minimum Gasteiger partial charge on any atom is -0.293 e. The Kier molecular flexibility index (Phi) is 3.88. The first-order chi connectivity index (χ1) is 17.9. The summed E-state index contributed by atoms with van der Waals surface area (Å²) in [6.45, 7) is 0. The number of fused-ring (bicyclic) bond motifs is 10. The monoisotopic (exact) mass is 461 g/mol. The number of para-hydroxylation sites is 3. The number of aromatic nitrogens is 5. The molecule has 0 fully saturated rings. The highest BCUT2D eigenvalue weighted by Crippen LogP contribution is 2.39. The van der Waals surface area contributed by atoms with Gasteiger partial charge in [-0.15, -0.1) is 0 Å². The molecule has 36 heavy (non-hydrogen) atoms. The average molecular weight is 462 g/mol. The molecule has 8 rings (SSSR count). The molecule has 5 nitrogen and oxygen atoms in total. The van der Waals surface area contributed by atoms with Gasteiger partial charge in [-0.05, 0) is 47.9 Å². The van der Waals surface area contributed by atoms with Crippen LogP contribution >= 0.6 is 0 Å². The quantitative estimate of drug-likeness (QED) is 0.274. The molecule has 0 aliphatic carbocycles. The van der Waals surface area contributed by atoms with E-state index in [9.17, 15) is 0 Å². The van der Waals surface area contributed by atoms with Gasteiger partial charge in [0.05, 0.1) is 39.8 Å². The van der Waals surface area contributed by atoms with E-state index in [1.807, 2.05) is 36.5 Å². The molecule has 0 amide bonds. The molecule has 0 N–H and O–H groups in total. The molecule has 0 unspecified atom stereocenters. The van der Waals surface area contributed by atoms with Crippen LogP contribution in [-0.2, 0) is 0 Å². The van der Waals surface area contributed by atoms with Gasteiger partial charge in [-0.25, -0.2) is 4.98 Å². The highest BCUT2D eigenvalue weighted by Gasteiger charge is 2.21. The summed E-state index contributed by atoms with van der Waals surface area (Å²) in [6, 6.07) is 35.6. The SMILES string of the molecule is c1ccc(-c2ccc(-n3c4ccccc4c4c5ccccc5c5nc6ccccc6n5c43)cn2)nc1. The minimum atomic E-state index is 0.851. The zero-order valence-electron chi connectivity index (χ0n) is 19.2. The van der Waals surface area contributed by atoms with Crippen LogP contribution in [0.3, 0.4) is 0 Å². The number of benzene rings is 3. The van der Waals surface area contributed by atoms with Crippen molar-refractivity contribution in [2.45, 2.75) is 0 Å². The molecule has 0 bridgehead atoms. The van der Waals surface area contributed by atoms with Crippen LogP contribution in [0.4, 0.5) is 0 Å². The molecule has 5 aromatic heterocycles. The largest absolute Gasteiger partial charge is 0.293 e. The van der Waals surface area contributed by atoms with E-state index in [0.29, 0.717) is 0 Å². The van der Waals surface area contributed by atoms with Crippen LogP contribution in [-0.4, -0.2) is 23.9 Å². The second kappa shape index (κ2) is 7.23. The Morgan fingerprint density at radius 3 is 2.08 bits per heavy atom. The van der Waals surface area contributed by atoms with Gasteiger partial charge >= 0.3 is 0 Å². The number of hydrogen-bond acceptors (Lipinski definition) is 3. The molecular formula is C31H19N5. The normalized spacial score (nSPS) is 11.9. The Balaban J connectivity index is 1.57. The fraction of sp³-hybridized carbons (Fsp3) is 0. The highest BCUT2D eigenvalue weighted by molar-refractivity contribution is 6.23. The van der Waals surface area contributed by atoms with Gasteiger partial charge in [-0.3, -0.25) is 18.9 Å². The molecule has 0 saturated carbocycles.